The van der Waals surface area contributed by atoms with E-state index in [0.717, 1.165) is 0 Å². The van der Waals surface area contributed by atoms with Gasteiger partial charge in [0.25, 0.3) is 0 Å². The zero-order valence-electron chi connectivity index (χ0n) is 5.96. The van der Waals surface area contributed by atoms with Crippen molar-refractivity contribution in [2.45, 2.75) is 6.55 Å². The van der Waals surface area contributed by atoms with Gasteiger partial charge in [-0.2, -0.15) is 0 Å². The maximum atomic E-state index is 5.30. The van der Waals surface area contributed by atoms with Crippen molar-refractivity contribution in [2.75, 3.05) is 0 Å². The van der Waals surface area contributed by atoms with Crippen LogP contribution >= 0.6 is 0 Å². The second kappa shape index (κ2) is 3.24. The van der Waals surface area contributed by atoms with Crippen molar-refractivity contribution in [3.63, 3.8) is 0 Å². The molecule has 49 valence electrons. The van der Waals surface area contributed by atoms with Crippen molar-refractivity contribution < 1.29 is 0 Å². The van der Waals surface area contributed by atoms with E-state index in [9.17, 15) is 0 Å². The Morgan fingerprint density at radius 1 is 1.30 bits per heavy atom. The zero-order valence-corrected chi connectivity index (χ0v) is 6.96. The highest BCUT2D eigenvalue weighted by Gasteiger charge is 2.00. The summed E-state index contributed by atoms with van der Waals surface area (Å²) in [5.74, 6) is 0. The molecule has 0 aliphatic rings. The van der Waals surface area contributed by atoms with Gasteiger partial charge in [-0.05, 0) is 5.19 Å². The summed E-state index contributed by atoms with van der Waals surface area (Å²) in [5, 5.41) is 1.31. The minimum Gasteiger partial charge on any atom is -0.131 e. The van der Waals surface area contributed by atoms with E-state index < -0.39 is 8.80 Å². The molecule has 0 saturated carbocycles. The van der Waals surface area contributed by atoms with Crippen molar-refractivity contribution in [1.29, 1.82) is 0 Å². The van der Waals surface area contributed by atoms with Gasteiger partial charge in [-0.1, -0.05) is 36.9 Å². The molecule has 0 saturated heterocycles. The van der Waals surface area contributed by atoms with Crippen molar-refractivity contribution in [3.8, 4) is 12.0 Å². The molecule has 1 heteroatoms. The molecular weight excluding hydrogens is 136 g/mol. The summed E-state index contributed by atoms with van der Waals surface area (Å²) in [5.41, 5.74) is 2.78. The van der Waals surface area contributed by atoms with Crippen molar-refractivity contribution in [2.24, 2.45) is 0 Å². The van der Waals surface area contributed by atoms with Crippen LogP contribution in [0.2, 0.25) is 6.55 Å². The molecule has 0 unspecified atom stereocenters. The Morgan fingerprint density at radius 3 is 2.40 bits per heavy atom. The van der Waals surface area contributed by atoms with Crippen LogP contribution in [0, 0.1) is 12.0 Å². The van der Waals surface area contributed by atoms with Crippen LogP contribution in [0.3, 0.4) is 0 Å². The molecule has 1 aromatic rings. The van der Waals surface area contributed by atoms with Gasteiger partial charge in [0.1, 0.15) is 0 Å². The molecular formula is C9H9Si. The van der Waals surface area contributed by atoms with Gasteiger partial charge >= 0.3 is 0 Å². The Kier molecular flexibility index (Phi) is 2.30. The highest BCUT2D eigenvalue weighted by atomic mass is 28.3. The number of hydrogen-bond donors (Lipinski definition) is 0. The highest BCUT2D eigenvalue weighted by Crippen LogP contribution is 1.85. The van der Waals surface area contributed by atoms with Crippen LogP contribution in [0.1, 0.15) is 0 Å². The molecule has 0 bridgehead atoms. The standard InChI is InChI=1S/C9H9Si/c1-3-10(2)9-7-5-4-6-8-9/h1,4-8H,2H3. The Labute approximate surface area is 63.5 Å². The first-order chi connectivity index (χ1) is 4.84. The minimum atomic E-state index is -0.679. The van der Waals surface area contributed by atoms with Gasteiger partial charge in [0.2, 0.25) is 0 Å². The molecule has 1 radical (unpaired) electrons. The van der Waals surface area contributed by atoms with E-state index in [-0.39, 0.29) is 0 Å². The lowest BCUT2D eigenvalue weighted by Crippen LogP contribution is -2.23. The second-order valence-electron chi connectivity index (χ2n) is 2.14. The number of rotatable bonds is 1. The Balaban J connectivity index is 2.88. The van der Waals surface area contributed by atoms with Gasteiger partial charge in [0.05, 0.1) is 0 Å². The number of terminal acetylenes is 1. The van der Waals surface area contributed by atoms with Crippen LogP contribution in [0.5, 0.6) is 0 Å². The fourth-order valence-electron chi connectivity index (χ4n) is 0.771. The molecule has 0 aliphatic carbocycles. The average molecular weight is 145 g/mol. The molecule has 10 heavy (non-hydrogen) atoms. The van der Waals surface area contributed by atoms with E-state index in [4.69, 9.17) is 6.42 Å². The quantitative estimate of drug-likeness (QED) is 0.411. The third kappa shape index (κ3) is 1.49. The van der Waals surface area contributed by atoms with Crippen molar-refractivity contribution in [1.82, 2.24) is 0 Å². The Hall–Kier alpha value is -1.00. The predicted octanol–water partition coefficient (Wildman–Crippen LogP) is 1.19. The first kappa shape index (κ1) is 7.11. The first-order valence-electron chi connectivity index (χ1n) is 3.20. The van der Waals surface area contributed by atoms with Crippen LogP contribution < -0.4 is 5.19 Å². The third-order valence-electron chi connectivity index (χ3n) is 1.42. The van der Waals surface area contributed by atoms with E-state index in [1.807, 2.05) is 18.2 Å². The van der Waals surface area contributed by atoms with Crippen LogP contribution in [0.15, 0.2) is 30.3 Å². The monoisotopic (exact) mass is 145 g/mol. The highest BCUT2D eigenvalue weighted by molar-refractivity contribution is 6.79. The van der Waals surface area contributed by atoms with E-state index in [0.29, 0.717) is 0 Å². The predicted molar refractivity (Wildman–Crippen MR) is 46.5 cm³/mol. The lowest BCUT2D eigenvalue weighted by atomic mass is 10.4. The topological polar surface area (TPSA) is 0 Å². The first-order valence-corrected chi connectivity index (χ1v) is 5.20. The molecule has 0 heterocycles. The largest absolute Gasteiger partial charge is 0.175 e. The van der Waals surface area contributed by atoms with Gasteiger partial charge in [-0.25, -0.2) is 0 Å². The summed E-state index contributed by atoms with van der Waals surface area (Å²) in [6.45, 7) is 2.12. The molecule has 0 amide bonds. The van der Waals surface area contributed by atoms with Crippen LogP contribution in [-0.2, 0) is 0 Å². The normalized spacial score (nSPS) is 9.30. The van der Waals surface area contributed by atoms with Crippen LogP contribution in [0.25, 0.3) is 0 Å². The van der Waals surface area contributed by atoms with E-state index in [2.05, 4.69) is 24.2 Å². The summed E-state index contributed by atoms with van der Waals surface area (Å²) in [6.07, 6.45) is 5.30. The van der Waals surface area contributed by atoms with Gasteiger partial charge in [-0.3, -0.25) is 0 Å². The van der Waals surface area contributed by atoms with Gasteiger partial charge < -0.3 is 0 Å². The van der Waals surface area contributed by atoms with E-state index in [1.165, 1.54) is 5.19 Å². The van der Waals surface area contributed by atoms with Gasteiger partial charge in [-0.15, -0.1) is 12.0 Å². The van der Waals surface area contributed by atoms with E-state index >= 15 is 0 Å². The number of hydrogen-bond acceptors (Lipinski definition) is 0. The summed E-state index contributed by atoms with van der Waals surface area (Å²) >= 11 is 0. The van der Waals surface area contributed by atoms with Crippen molar-refractivity contribution in [3.05, 3.63) is 30.3 Å². The summed E-state index contributed by atoms with van der Waals surface area (Å²) in [6, 6.07) is 10.2. The summed E-state index contributed by atoms with van der Waals surface area (Å²) in [4.78, 5) is 0. The molecule has 0 aliphatic heterocycles. The summed E-state index contributed by atoms with van der Waals surface area (Å²) in [7, 11) is -0.679. The lowest BCUT2D eigenvalue weighted by Gasteiger charge is -1.98. The summed E-state index contributed by atoms with van der Waals surface area (Å²) < 4.78 is 0. The fraction of sp³-hybridized carbons (Fsp3) is 0.111. The molecule has 0 fully saturated rings. The SMILES string of the molecule is C#C[Si](C)c1ccccc1. The molecule has 1 rings (SSSR count). The van der Waals surface area contributed by atoms with Gasteiger partial charge in [0, 0.05) is 0 Å². The maximum absolute atomic E-state index is 5.30. The van der Waals surface area contributed by atoms with Crippen LogP contribution in [-0.4, -0.2) is 8.80 Å². The molecule has 0 nitrogen and oxygen atoms in total. The third-order valence-corrected chi connectivity index (χ3v) is 3.06. The minimum absolute atomic E-state index is 0.679. The van der Waals surface area contributed by atoms with Gasteiger partial charge in [0.15, 0.2) is 8.80 Å². The van der Waals surface area contributed by atoms with E-state index in [1.54, 1.807) is 0 Å². The molecule has 0 atom stereocenters. The molecule has 0 N–H and O–H groups in total. The molecule has 0 aromatic heterocycles. The second-order valence-corrected chi connectivity index (χ2v) is 4.25. The maximum Gasteiger partial charge on any atom is 0.175 e. The number of benzene rings is 1. The molecule has 0 spiro atoms. The zero-order chi connectivity index (χ0) is 7.40. The lowest BCUT2D eigenvalue weighted by molar-refractivity contribution is 1.76. The smallest absolute Gasteiger partial charge is 0.131 e. The fourth-order valence-corrected chi connectivity index (χ4v) is 1.63. The Morgan fingerprint density at radius 2 is 1.90 bits per heavy atom. The van der Waals surface area contributed by atoms with Crippen LogP contribution in [0.4, 0.5) is 0 Å². The van der Waals surface area contributed by atoms with Crippen molar-refractivity contribution >= 4 is 14.0 Å². The molecule has 1 aromatic carbocycles. The average Bonchev–Trinajstić information content (AvgIpc) is 2.05. The Bertz CT molecular complexity index is 233.